The van der Waals surface area contributed by atoms with Crippen LogP contribution in [0.5, 0.6) is 17.2 Å². The molecule has 0 aliphatic heterocycles. The summed E-state index contributed by atoms with van der Waals surface area (Å²) in [5.41, 5.74) is 6.28. The number of carbonyl (C=O) groups excluding carboxylic acids is 1. The molecule has 22 heavy (non-hydrogen) atoms. The molecule has 6 nitrogen and oxygen atoms in total. The minimum absolute atomic E-state index is 0. The molecule has 0 spiro atoms. The van der Waals surface area contributed by atoms with Crippen molar-refractivity contribution in [2.75, 3.05) is 27.9 Å². The minimum Gasteiger partial charge on any atom is -0.493 e. The molecule has 1 amide bonds. The second-order valence-corrected chi connectivity index (χ2v) is 4.64. The van der Waals surface area contributed by atoms with Gasteiger partial charge in [0, 0.05) is 6.42 Å². The van der Waals surface area contributed by atoms with E-state index in [0.717, 1.165) is 5.56 Å². The summed E-state index contributed by atoms with van der Waals surface area (Å²) in [6.07, 6.45) is 1.10. The highest BCUT2D eigenvalue weighted by Crippen LogP contribution is 2.39. The second-order valence-electron chi connectivity index (χ2n) is 4.64. The first kappa shape index (κ1) is 20.3. The molecule has 0 bridgehead atoms. The van der Waals surface area contributed by atoms with Gasteiger partial charge in [-0.05, 0) is 37.6 Å². The number of carbonyl (C=O) groups is 1. The number of benzene rings is 1. The van der Waals surface area contributed by atoms with Crippen LogP contribution in [-0.4, -0.2) is 33.8 Å². The zero-order valence-corrected chi connectivity index (χ0v) is 14.3. The van der Waals surface area contributed by atoms with Gasteiger partial charge in [0.25, 0.3) is 0 Å². The Morgan fingerprint density at radius 3 is 2.14 bits per heavy atom. The van der Waals surface area contributed by atoms with Crippen LogP contribution < -0.4 is 25.3 Å². The lowest BCUT2D eigenvalue weighted by Crippen LogP contribution is -2.27. The van der Waals surface area contributed by atoms with Crippen LogP contribution in [0.1, 0.15) is 31.4 Å². The van der Waals surface area contributed by atoms with Crippen LogP contribution >= 0.6 is 12.4 Å². The van der Waals surface area contributed by atoms with Gasteiger partial charge in [-0.1, -0.05) is 0 Å². The van der Waals surface area contributed by atoms with E-state index in [2.05, 4.69) is 5.32 Å². The monoisotopic (exact) mass is 332 g/mol. The number of methoxy groups -OCH3 is 3. The van der Waals surface area contributed by atoms with E-state index in [4.69, 9.17) is 19.9 Å². The number of hydrogen-bond acceptors (Lipinski definition) is 5. The maximum atomic E-state index is 11.8. The van der Waals surface area contributed by atoms with E-state index in [1.165, 1.54) is 0 Å². The van der Waals surface area contributed by atoms with Gasteiger partial charge in [0.15, 0.2) is 11.5 Å². The third-order valence-corrected chi connectivity index (χ3v) is 3.17. The maximum Gasteiger partial charge on any atom is 0.220 e. The van der Waals surface area contributed by atoms with E-state index in [0.29, 0.717) is 36.6 Å². The highest BCUT2D eigenvalue weighted by Gasteiger charge is 2.17. The third-order valence-electron chi connectivity index (χ3n) is 3.17. The highest BCUT2D eigenvalue weighted by atomic mass is 35.5. The van der Waals surface area contributed by atoms with Gasteiger partial charge in [0.2, 0.25) is 11.7 Å². The first-order chi connectivity index (χ1) is 10.1. The Morgan fingerprint density at radius 1 is 1.18 bits per heavy atom. The molecule has 7 heteroatoms. The summed E-state index contributed by atoms with van der Waals surface area (Å²) in [5, 5.41) is 2.92. The SMILES string of the molecule is COc1cc(C(C)NC(=O)CCCN)cc(OC)c1OC.Cl. The van der Waals surface area contributed by atoms with Crippen molar-refractivity contribution in [3.05, 3.63) is 17.7 Å². The molecule has 0 saturated heterocycles. The van der Waals surface area contributed by atoms with Crippen LogP contribution in [0.15, 0.2) is 12.1 Å². The Bertz CT molecular complexity index is 458. The summed E-state index contributed by atoms with van der Waals surface area (Å²) < 4.78 is 15.9. The lowest BCUT2D eigenvalue weighted by atomic mass is 10.1. The van der Waals surface area contributed by atoms with E-state index < -0.39 is 0 Å². The van der Waals surface area contributed by atoms with Crippen LogP contribution in [0.4, 0.5) is 0 Å². The highest BCUT2D eigenvalue weighted by molar-refractivity contribution is 5.85. The molecular formula is C15H25ClN2O4. The molecule has 0 aromatic heterocycles. The van der Waals surface area contributed by atoms with Crippen molar-refractivity contribution in [1.29, 1.82) is 0 Å². The predicted molar refractivity (Wildman–Crippen MR) is 88.2 cm³/mol. The van der Waals surface area contributed by atoms with E-state index in [1.807, 2.05) is 19.1 Å². The molecule has 0 aliphatic rings. The molecule has 1 aromatic rings. The molecule has 0 aliphatic carbocycles. The van der Waals surface area contributed by atoms with Gasteiger partial charge in [0.1, 0.15) is 0 Å². The van der Waals surface area contributed by atoms with Crippen molar-refractivity contribution in [2.45, 2.75) is 25.8 Å². The van der Waals surface area contributed by atoms with Crippen LogP contribution in [-0.2, 0) is 4.79 Å². The zero-order valence-electron chi connectivity index (χ0n) is 13.5. The lowest BCUT2D eigenvalue weighted by molar-refractivity contribution is -0.121. The first-order valence-corrected chi connectivity index (χ1v) is 6.86. The molecule has 0 saturated carbocycles. The molecule has 1 rings (SSSR count). The van der Waals surface area contributed by atoms with Gasteiger partial charge < -0.3 is 25.3 Å². The van der Waals surface area contributed by atoms with Crippen LogP contribution in [0, 0.1) is 0 Å². The number of hydrogen-bond donors (Lipinski definition) is 2. The van der Waals surface area contributed by atoms with Crippen molar-refractivity contribution in [3.8, 4) is 17.2 Å². The molecule has 0 heterocycles. The van der Waals surface area contributed by atoms with Crippen molar-refractivity contribution < 1.29 is 19.0 Å². The number of ether oxygens (including phenoxy) is 3. The molecule has 1 aromatic carbocycles. The van der Waals surface area contributed by atoms with Crippen LogP contribution in [0.3, 0.4) is 0 Å². The summed E-state index contributed by atoms with van der Waals surface area (Å²) in [6.45, 7) is 2.41. The minimum atomic E-state index is -0.163. The predicted octanol–water partition coefficient (Wildman–Crippen LogP) is 2.05. The Labute approximate surface area is 137 Å². The summed E-state index contributed by atoms with van der Waals surface area (Å²) >= 11 is 0. The maximum absolute atomic E-state index is 11.8. The summed E-state index contributed by atoms with van der Waals surface area (Å²) in [4.78, 5) is 11.8. The van der Waals surface area contributed by atoms with E-state index in [1.54, 1.807) is 21.3 Å². The van der Waals surface area contributed by atoms with Gasteiger partial charge >= 0.3 is 0 Å². The number of halogens is 1. The average molecular weight is 333 g/mol. The van der Waals surface area contributed by atoms with Crippen molar-refractivity contribution in [2.24, 2.45) is 5.73 Å². The Morgan fingerprint density at radius 2 is 1.73 bits per heavy atom. The number of nitrogens with two attached hydrogens (primary N) is 1. The van der Waals surface area contributed by atoms with Gasteiger partial charge in [-0.25, -0.2) is 0 Å². The molecule has 0 radical (unpaired) electrons. The van der Waals surface area contributed by atoms with Gasteiger partial charge in [-0.15, -0.1) is 12.4 Å². The standard InChI is InChI=1S/C15H24N2O4.ClH/c1-10(17-14(18)6-5-7-16)11-8-12(19-2)15(21-4)13(9-11)20-3;/h8-10H,5-7,16H2,1-4H3,(H,17,18);1H. The van der Waals surface area contributed by atoms with E-state index >= 15 is 0 Å². The summed E-state index contributed by atoms with van der Waals surface area (Å²) in [6, 6.07) is 3.49. The molecule has 1 unspecified atom stereocenters. The zero-order chi connectivity index (χ0) is 15.8. The largest absolute Gasteiger partial charge is 0.493 e. The fourth-order valence-electron chi connectivity index (χ4n) is 2.01. The van der Waals surface area contributed by atoms with Gasteiger partial charge in [0.05, 0.1) is 27.4 Å². The van der Waals surface area contributed by atoms with Crippen molar-refractivity contribution in [1.82, 2.24) is 5.32 Å². The van der Waals surface area contributed by atoms with Crippen LogP contribution in [0.2, 0.25) is 0 Å². The third kappa shape index (κ3) is 5.27. The molecule has 0 fully saturated rings. The number of nitrogens with one attached hydrogen (secondary N) is 1. The van der Waals surface area contributed by atoms with E-state index in [9.17, 15) is 4.79 Å². The molecule has 3 N–H and O–H groups in total. The first-order valence-electron chi connectivity index (χ1n) is 6.86. The fraction of sp³-hybridized carbons (Fsp3) is 0.533. The van der Waals surface area contributed by atoms with Crippen molar-refractivity contribution >= 4 is 18.3 Å². The molecule has 126 valence electrons. The lowest BCUT2D eigenvalue weighted by Gasteiger charge is -2.18. The molecular weight excluding hydrogens is 308 g/mol. The van der Waals surface area contributed by atoms with Crippen molar-refractivity contribution in [3.63, 3.8) is 0 Å². The van der Waals surface area contributed by atoms with Gasteiger partial charge in [-0.2, -0.15) is 0 Å². The topological polar surface area (TPSA) is 82.8 Å². The fourth-order valence-corrected chi connectivity index (χ4v) is 2.01. The van der Waals surface area contributed by atoms with E-state index in [-0.39, 0.29) is 24.4 Å². The smallest absolute Gasteiger partial charge is 0.220 e. The number of amides is 1. The Hall–Kier alpha value is -1.66. The second kappa shape index (κ2) is 10.1. The summed E-state index contributed by atoms with van der Waals surface area (Å²) in [5.74, 6) is 1.64. The Balaban J connectivity index is 0.00000441. The number of rotatable bonds is 8. The van der Waals surface area contributed by atoms with Gasteiger partial charge in [-0.3, -0.25) is 4.79 Å². The quantitative estimate of drug-likeness (QED) is 0.761. The Kier molecular flexibility index (Phi) is 9.37. The summed E-state index contributed by atoms with van der Waals surface area (Å²) in [7, 11) is 4.68. The normalized spacial score (nSPS) is 11.1. The average Bonchev–Trinajstić information content (AvgIpc) is 2.51. The molecule has 1 atom stereocenters. The van der Waals surface area contributed by atoms with Crippen LogP contribution in [0.25, 0.3) is 0 Å².